The smallest absolute Gasteiger partial charge is 0.167 e. The third-order valence-electron chi connectivity index (χ3n) is 7.62. The van der Waals surface area contributed by atoms with Crippen LogP contribution in [0.25, 0.3) is 22.3 Å². The molecule has 0 aromatic carbocycles. The van der Waals surface area contributed by atoms with E-state index in [0.29, 0.717) is 0 Å². The molecule has 0 aliphatic carbocycles. The summed E-state index contributed by atoms with van der Waals surface area (Å²) >= 11 is 9.48. The number of imidazole rings is 2. The molecule has 29 heteroatoms. The van der Waals surface area contributed by atoms with Gasteiger partial charge in [-0.25, -0.2) is 48.0 Å². The first kappa shape index (κ1) is 38.7. The van der Waals surface area contributed by atoms with E-state index in [4.69, 9.17) is 63.5 Å². The van der Waals surface area contributed by atoms with Crippen molar-refractivity contribution < 1.29 is 67.2 Å². The van der Waals surface area contributed by atoms with E-state index in [1.165, 1.54) is 21.8 Å². The normalized spacial score (nSPS) is 30.5. The van der Waals surface area contributed by atoms with Gasteiger partial charge in [0.05, 0.1) is 20.0 Å². The van der Waals surface area contributed by atoms with Crippen molar-refractivity contribution in [2.45, 2.75) is 49.1 Å². The van der Waals surface area contributed by atoms with Crippen LogP contribution in [-0.4, -0.2) is 122 Å². The fourth-order valence-corrected chi connectivity index (χ4v) is 9.70. The number of aromatic nitrogens is 8. The quantitative estimate of drug-likeness (QED) is 0.0520. The van der Waals surface area contributed by atoms with Gasteiger partial charge in [-0.1, -0.05) is 0 Å². The van der Waals surface area contributed by atoms with Crippen LogP contribution < -0.4 is 26.1 Å². The molecule has 6 heterocycles. The van der Waals surface area contributed by atoms with Gasteiger partial charge in [0.25, 0.3) is 0 Å². The summed E-state index contributed by atoms with van der Waals surface area (Å²) in [7, 11) is -13.9. The maximum Gasteiger partial charge on any atom is 0.167 e. The van der Waals surface area contributed by atoms with Crippen molar-refractivity contribution in [3.63, 3.8) is 0 Å². The average molecular weight is 814 g/mol. The van der Waals surface area contributed by atoms with Gasteiger partial charge < -0.3 is 85.1 Å². The number of hydrogen-bond donors (Lipinski definition) is 6. The highest BCUT2D eigenvalue weighted by Gasteiger charge is 2.46. The van der Waals surface area contributed by atoms with E-state index in [1.807, 2.05) is 0 Å². The fourth-order valence-electron chi connectivity index (χ4n) is 5.06. The average Bonchev–Trinajstić information content (AvgIpc) is 3.84. The monoisotopic (exact) mass is 813 g/mol. The zero-order chi connectivity index (χ0) is 36.9. The van der Waals surface area contributed by atoms with Crippen LogP contribution in [0.1, 0.15) is 12.5 Å². The van der Waals surface area contributed by atoms with E-state index in [0.717, 1.165) is 12.7 Å². The summed E-state index contributed by atoms with van der Waals surface area (Å²) in [5.74, 6) is 0.133. The minimum absolute atomic E-state index is 0.0665. The van der Waals surface area contributed by atoms with Crippen LogP contribution in [0.3, 0.4) is 0 Å². The second kappa shape index (κ2) is 15.0. The maximum absolute atomic E-state index is 12.7. The largest absolute Gasteiger partial charge is 0.796 e. The maximum atomic E-state index is 12.7. The molecular weight excluding hydrogens is 785 g/mol. The number of nitrogens with zero attached hydrogens (tertiary/aromatic N) is 8. The Kier molecular flexibility index (Phi) is 11.4. The highest BCUT2D eigenvalue weighted by molar-refractivity contribution is 8.35. The van der Waals surface area contributed by atoms with Crippen LogP contribution in [-0.2, 0) is 56.6 Å². The van der Waals surface area contributed by atoms with Crippen LogP contribution in [0, 0.1) is 0 Å². The Morgan fingerprint density at radius 1 is 0.725 bits per heavy atom. The van der Waals surface area contributed by atoms with E-state index >= 15 is 0 Å². The molecule has 4 aromatic rings. The third kappa shape index (κ3) is 8.38. The highest BCUT2D eigenvalue weighted by atomic mass is 32.7. The van der Waals surface area contributed by atoms with Gasteiger partial charge in [-0.3, -0.25) is 9.13 Å². The number of aliphatic hydroxyl groups excluding tert-OH is 4. The first-order chi connectivity index (χ1) is 24.0. The van der Waals surface area contributed by atoms with Gasteiger partial charge >= 0.3 is 0 Å². The lowest BCUT2D eigenvalue weighted by Crippen LogP contribution is -2.34. The topological polar surface area (TPSA) is 362 Å². The van der Waals surface area contributed by atoms with Crippen molar-refractivity contribution in [3.8, 4) is 0 Å². The molecule has 51 heavy (non-hydrogen) atoms. The molecule has 24 nitrogen and oxygen atoms in total. The van der Waals surface area contributed by atoms with Crippen molar-refractivity contribution in [2.24, 2.45) is 0 Å². The molecule has 0 saturated carbocycles. The second-order valence-electron chi connectivity index (χ2n) is 11.1. The van der Waals surface area contributed by atoms with Crippen LogP contribution in [0.2, 0.25) is 0 Å². The molecule has 2 fully saturated rings. The molecular formula is C22H28N10O14P3S2-3. The Hall–Kier alpha value is -2.03. The van der Waals surface area contributed by atoms with E-state index in [2.05, 4.69) is 29.9 Å². The molecule has 8 N–H and O–H groups in total. The fraction of sp³-hybridized carbons (Fsp3) is 0.545. The highest BCUT2D eigenvalue weighted by Crippen LogP contribution is 2.57. The van der Waals surface area contributed by atoms with Crippen molar-refractivity contribution in [3.05, 3.63) is 25.3 Å². The molecule has 10 atom stereocenters. The summed E-state index contributed by atoms with van der Waals surface area (Å²) in [4.78, 5) is 61.7. The van der Waals surface area contributed by atoms with E-state index in [1.54, 1.807) is 0 Å². The molecule has 2 aliphatic heterocycles. The van der Waals surface area contributed by atoms with Crippen molar-refractivity contribution in [1.82, 2.24) is 39.0 Å². The van der Waals surface area contributed by atoms with Gasteiger partial charge in [0.15, 0.2) is 35.4 Å². The van der Waals surface area contributed by atoms with E-state index < -0.39 is 96.6 Å². The number of fused-ring (bicyclic) bond motifs is 2. The third-order valence-corrected chi connectivity index (χ3v) is 12.2. The van der Waals surface area contributed by atoms with Crippen molar-refractivity contribution in [1.29, 1.82) is 0 Å². The molecule has 280 valence electrons. The summed E-state index contributed by atoms with van der Waals surface area (Å²) in [5.41, 5.74) is 12.4. The minimum atomic E-state index is -4.81. The molecule has 0 bridgehead atoms. The number of rotatable bonds is 14. The molecule has 4 aromatic heterocycles. The van der Waals surface area contributed by atoms with E-state index in [-0.39, 0.29) is 34.0 Å². The van der Waals surface area contributed by atoms with Crippen molar-refractivity contribution in [2.75, 3.05) is 37.4 Å². The Labute approximate surface area is 297 Å². The second-order valence-corrected chi connectivity index (χ2v) is 18.7. The van der Waals surface area contributed by atoms with E-state index in [9.17, 15) is 39.7 Å². The molecule has 0 amide bonds. The van der Waals surface area contributed by atoms with Gasteiger partial charge in [-0.05, 0) is 0 Å². The molecule has 2 saturated heterocycles. The van der Waals surface area contributed by atoms with Gasteiger partial charge in [-0.15, -0.1) is 0 Å². The van der Waals surface area contributed by atoms with Crippen LogP contribution >= 0.6 is 21.7 Å². The van der Waals surface area contributed by atoms with Gasteiger partial charge in [0.2, 0.25) is 0 Å². The molecule has 6 rings (SSSR count). The SMILES string of the molecule is Nc1ncnc2c1ncn2[C@@H]1O[C@H](CO[P+]([O-])([S-])OCP(=O)([O-])CO[P+]([O-])([S-])OC[C@H]2O[C@@H](n3cnc4c(N)ncnc43)[C@H](O)[C@@H]2O)[C@@H](O)[C@H]1O. The Bertz CT molecular complexity index is 1780. The van der Waals surface area contributed by atoms with Gasteiger partial charge in [-0.2, -0.15) is 0 Å². The number of nitrogen functional groups attached to an aromatic ring is 2. The van der Waals surface area contributed by atoms with Gasteiger partial charge in [0.1, 0.15) is 101 Å². The minimum Gasteiger partial charge on any atom is -0.796 e. The lowest BCUT2D eigenvalue weighted by Gasteiger charge is -2.38. The first-order valence-corrected chi connectivity index (χ1v) is 21.5. The Balaban J connectivity index is 0.961. The summed E-state index contributed by atoms with van der Waals surface area (Å²) < 4.78 is 46.0. The summed E-state index contributed by atoms with van der Waals surface area (Å²) in [6, 6.07) is 0. The first-order valence-electron chi connectivity index (χ1n) is 14.4. The molecule has 0 spiro atoms. The zero-order valence-corrected chi connectivity index (χ0v) is 29.8. The number of ether oxygens (including phenoxy) is 2. The van der Waals surface area contributed by atoms with Crippen LogP contribution in [0.4, 0.5) is 11.6 Å². The lowest BCUT2D eigenvalue weighted by atomic mass is 10.1. The summed E-state index contributed by atoms with van der Waals surface area (Å²) in [5, 5.41) is 42.1. The summed E-state index contributed by atoms with van der Waals surface area (Å²) in [6.07, 6.45) is -9.07. The van der Waals surface area contributed by atoms with Crippen LogP contribution in [0.15, 0.2) is 25.3 Å². The predicted octanol–water partition coefficient (Wildman–Crippen LogP) is -4.14. The molecule has 0 radical (unpaired) electrons. The number of nitrogens with two attached hydrogens (primary N) is 2. The van der Waals surface area contributed by atoms with Crippen LogP contribution in [0.5, 0.6) is 0 Å². The predicted molar refractivity (Wildman–Crippen MR) is 171 cm³/mol. The standard InChI is InChI=1S/C22H31N10O14P3S2/c23-17-11-19(27-3-25-17)31(5-29-11)21-15(35)13(33)9(45-21)1-41-48(39,50)43-7-47(37,38)8-44-49(40,51)42-2-10-14(34)16(36)22(46-10)32-6-30-12-18(24)26-4-28-20(12)32/h3-6,9-10,13-16,21-22,33-36H,1-2,7-8H2,(H,37,38)(H,39,50)(H,40,51)(H2,23,25,27)(H2,24,26,28)/p-3/t9-,10-,13-,14-,15-,16-,21-,22-,48?,49?/m1/s1. The Morgan fingerprint density at radius 3 is 1.51 bits per heavy atom. The lowest BCUT2D eigenvalue weighted by molar-refractivity contribution is -0.218. The van der Waals surface area contributed by atoms with Gasteiger partial charge in [0, 0.05) is 0 Å². The summed E-state index contributed by atoms with van der Waals surface area (Å²) in [6.45, 7) is -1.39. The molecule has 2 unspecified atom stereocenters. The molecule has 2 aliphatic rings. The number of hydrogen-bond acceptors (Lipinski definition) is 24. The number of anilines is 2. The number of aliphatic hydroxyl groups is 4. The Morgan fingerprint density at radius 2 is 1.12 bits per heavy atom. The zero-order valence-electron chi connectivity index (χ0n) is 25.5. The van der Waals surface area contributed by atoms with Crippen molar-refractivity contribution >= 4 is 80.1 Å².